The van der Waals surface area contributed by atoms with Crippen LogP contribution in [0.5, 0.6) is 0 Å². The van der Waals surface area contributed by atoms with Crippen LogP contribution in [-0.4, -0.2) is 28.8 Å². The topological polar surface area (TPSA) is 92.8 Å². The third-order valence-corrected chi connectivity index (χ3v) is 3.82. The lowest BCUT2D eigenvalue weighted by Gasteiger charge is -2.12. The van der Waals surface area contributed by atoms with Gasteiger partial charge in [-0.3, -0.25) is 14.4 Å². The molecular weight excluding hydrogens is 336 g/mol. The molecule has 7 heteroatoms. The Morgan fingerprint density at radius 3 is 2.35 bits per heavy atom. The van der Waals surface area contributed by atoms with Gasteiger partial charge < -0.3 is 10.2 Å². The van der Waals surface area contributed by atoms with Crippen LogP contribution in [-0.2, 0) is 37.0 Å². The Morgan fingerprint density at radius 1 is 1.12 bits per heavy atom. The molecule has 1 heterocycles. The van der Waals surface area contributed by atoms with Crippen molar-refractivity contribution in [3.63, 3.8) is 0 Å². The predicted octanol–water partition coefficient (Wildman–Crippen LogP) is 1.26. The van der Waals surface area contributed by atoms with E-state index in [2.05, 4.69) is 11.2 Å². The van der Waals surface area contributed by atoms with Crippen LogP contribution in [0, 0.1) is 12.3 Å². The van der Waals surface area contributed by atoms with Gasteiger partial charge in [0.2, 0.25) is 5.91 Å². The number of aryl methyl sites for hydroxylation is 1. The molecular formula is C19H20N2O5. The summed E-state index contributed by atoms with van der Waals surface area (Å²) in [5.41, 5.74) is 1.98. The first-order valence-electron chi connectivity index (χ1n) is 8.34. The van der Waals surface area contributed by atoms with E-state index in [1.54, 1.807) is 0 Å². The maximum absolute atomic E-state index is 11.7. The van der Waals surface area contributed by atoms with E-state index < -0.39 is 17.8 Å². The smallest absolute Gasteiger partial charge is 0.333 e. The molecule has 1 aliphatic heterocycles. The van der Waals surface area contributed by atoms with Crippen molar-refractivity contribution >= 4 is 23.7 Å². The number of benzene rings is 1. The summed E-state index contributed by atoms with van der Waals surface area (Å²) in [5, 5.41) is 3.28. The van der Waals surface area contributed by atoms with Crippen LogP contribution in [0.3, 0.4) is 0 Å². The third-order valence-electron chi connectivity index (χ3n) is 3.82. The lowest BCUT2D eigenvalue weighted by Crippen LogP contribution is -2.31. The number of hydrogen-bond donors (Lipinski definition) is 1. The molecule has 1 saturated heterocycles. The van der Waals surface area contributed by atoms with Crippen LogP contribution < -0.4 is 5.32 Å². The highest BCUT2D eigenvalue weighted by atomic mass is 16.7. The van der Waals surface area contributed by atoms with E-state index in [0.717, 1.165) is 11.1 Å². The average Bonchev–Trinajstić information content (AvgIpc) is 2.93. The zero-order valence-electron chi connectivity index (χ0n) is 14.3. The van der Waals surface area contributed by atoms with E-state index in [1.165, 1.54) is 0 Å². The number of imide groups is 1. The Morgan fingerprint density at radius 2 is 1.73 bits per heavy atom. The highest BCUT2D eigenvalue weighted by Gasteiger charge is 2.32. The second-order valence-electron chi connectivity index (χ2n) is 5.87. The van der Waals surface area contributed by atoms with Crippen molar-refractivity contribution in [3.05, 3.63) is 35.4 Å². The van der Waals surface area contributed by atoms with E-state index >= 15 is 0 Å². The highest BCUT2D eigenvalue weighted by Crippen LogP contribution is 2.14. The summed E-state index contributed by atoms with van der Waals surface area (Å²) in [6, 6.07) is 7.62. The van der Waals surface area contributed by atoms with Crippen molar-refractivity contribution in [2.24, 2.45) is 0 Å². The van der Waals surface area contributed by atoms with Crippen molar-refractivity contribution in [1.29, 1.82) is 0 Å². The molecule has 7 nitrogen and oxygen atoms in total. The quantitative estimate of drug-likeness (QED) is 0.559. The number of nitrogens with zero attached hydrogens (tertiary/aromatic N) is 1. The minimum absolute atomic E-state index is 0.0583. The number of carbonyl (C=O) groups is 4. The maximum Gasteiger partial charge on any atom is 0.333 e. The van der Waals surface area contributed by atoms with Gasteiger partial charge in [0, 0.05) is 25.8 Å². The number of rotatable bonds is 8. The monoisotopic (exact) mass is 356 g/mol. The molecule has 0 bridgehead atoms. The molecule has 0 aliphatic carbocycles. The molecule has 0 aromatic heterocycles. The number of hydrogen-bond acceptors (Lipinski definition) is 5. The van der Waals surface area contributed by atoms with E-state index in [-0.39, 0.29) is 31.6 Å². The van der Waals surface area contributed by atoms with Gasteiger partial charge in [-0.1, -0.05) is 30.2 Å². The van der Waals surface area contributed by atoms with Crippen molar-refractivity contribution in [1.82, 2.24) is 10.4 Å². The number of carbonyl (C=O) groups excluding carboxylic acids is 4. The van der Waals surface area contributed by atoms with Gasteiger partial charge in [0.25, 0.3) is 11.8 Å². The van der Waals surface area contributed by atoms with Gasteiger partial charge in [-0.2, -0.15) is 0 Å². The molecule has 0 radical (unpaired) electrons. The molecule has 0 atom stereocenters. The fourth-order valence-corrected chi connectivity index (χ4v) is 2.42. The van der Waals surface area contributed by atoms with Gasteiger partial charge in [0.05, 0.1) is 6.42 Å². The Bertz CT molecular complexity index is 717. The Kier molecular flexibility index (Phi) is 6.92. The van der Waals surface area contributed by atoms with Crippen molar-refractivity contribution in [2.75, 3.05) is 0 Å². The molecule has 3 amide bonds. The molecule has 0 saturated carbocycles. The van der Waals surface area contributed by atoms with Crippen molar-refractivity contribution < 1.29 is 24.0 Å². The first kappa shape index (κ1) is 19.2. The molecule has 1 N–H and O–H groups in total. The summed E-state index contributed by atoms with van der Waals surface area (Å²) < 4.78 is 0. The van der Waals surface area contributed by atoms with Crippen LogP contribution in [0.1, 0.15) is 43.2 Å². The third kappa shape index (κ3) is 5.74. The minimum atomic E-state index is -0.596. The summed E-state index contributed by atoms with van der Waals surface area (Å²) in [7, 11) is 0. The number of amides is 3. The minimum Gasteiger partial charge on any atom is -0.351 e. The number of nitrogens with one attached hydrogen (secondary N) is 1. The van der Waals surface area contributed by atoms with E-state index in [9.17, 15) is 19.2 Å². The molecule has 1 fully saturated rings. The molecule has 2 rings (SSSR count). The fraction of sp³-hybridized carbons (Fsp3) is 0.368. The summed E-state index contributed by atoms with van der Waals surface area (Å²) in [6.07, 6.45) is 6.59. The first-order chi connectivity index (χ1) is 12.5. The first-order valence-corrected chi connectivity index (χ1v) is 8.34. The van der Waals surface area contributed by atoms with Gasteiger partial charge in [-0.15, -0.1) is 11.5 Å². The van der Waals surface area contributed by atoms with Crippen LogP contribution in [0.15, 0.2) is 24.3 Å². The van der Waals surface area contributed by atoms with Crippen LogP contribution in [0.4, 0.5) is 0 Å². The maximum atomic E-state index is 11.7. The highest BCUT2D eigenvalue weighted by molar-refractivity contribution is 6.01. The van der Waals surface area contributed by atoms with Crippen LogP contribution in [0.25, 0.3) is 0 Å². The molecule has 1 aromatic rings. The number of terminal acetylenes is 1. The largest absolute Gasteiger partial charge is 0.351 e. The predicted molar refractivity (Wildman–Crippen MR) is 91.9 cm³/mol. The average molecular weight is 356 g/mol. The van der Waals surface area contributed by atoms with Gasteiger partial charge in [-0.25, -0.2) is 4.79 Å². The Labute approximate surface area is 151 Å². The van der Waals surface area contributed by atoms with Crippen LogP contribution in [0.2, 0.25) is 0 Å². The van der Waals surface area contributed by atoms with E-state index in [4.69, 9.17) is 11.3 Å². The standard InChI is InChI=1S/C19H20N2O5/c1-2-4-16(22)20-13-15-9-7-14(8-10-15)5-3-6-19(25)26-21-17(23)11-12-18(21)24/h1,7-10H,3-6,11-13H2,(H,20,22). The van der Waals surface area contributed by atoms with Gasteiger partial charge >= 0.3 is 5.97 Å². The summed E-state index contributed by atoms with van der Waals surface area (Å²) in [5.74, 6) is 0.540. The molecule has 136 valence electrons. The summed E-state index contributed by atoms with van der Waals surface area (Å²) >= 11 is 0. The lowest BCUT2D eigenvalue weighted by atomic mass is 10.1. The molecule has 26 heavy (non-hydrogen) atoms. The molecule has 1 aromatic carbocycles. The van der Waals surface area contributed by atoms with Crippen LogP contribution >= 0.6 is 0 Å². The lowest BCUT2D eigenvalue weighted by molar-refractivity contribution is -0.197. The van der Waals surface area contributed by atoms with Gasteiger partial charge in [0.1, 0.15) is 0 Å². The molecule has 0 unspecified atom stereocenters. The van der Waals surface area contributed by atoms with E-state index in [1.807, 2.05) is 24.3 Å². The normalized spacial score (nSPS) is 13.4. The van der Waals surface area contributed by atoms with Crippen molar-refractivity contribution in [2.45, 2.75) is 45.1 Å². The van der Waals surface area contributed by atoms with Gasteiger partial charge in [0.15, 0.2) is 0 Å². The Balaban J connectivity index is 1.70. The summed E-state index contributed by atoms with van der Waals surface area (Å²) in [6.45, 7) is 0.408. The fourth-order valence-electron chi connectivity index (χ4n) is 2.42. The molecule has 1 aliphatic rings. The second-order valence-corrected chi connectivity index (χ2v) is 5.87. The molecule has 0 spiro atoms. The zero-order chi connectivity index (χ0) is 18.9. The second kappa shape index (κ2) is 9.37. The SMILES string of the molecule is C#CCC(=O)NCc1ccc(CCCC(=O)ON2C(=O)CCC2=O)cc1. The number of hydroxylamine groups is 2. The summed E-state index contributed by atoms with van der Waals surface area (Å²) in [4.78, 5) is 50.6. The van der Waals surface area contributed by atoms with Crippen molar-refractivity contribution in [3.8, 4) is 12.3 Å². The van der Waals surface area contributed by atoms with Gasteiger partial charge in [-0.05, 0) is 24.0 Å². The van der Waals surface area contributed by atoms with E-state index in [0.29, 0.717) is 24.4 Å². The zero-order valence-corrected chi connectivity index (χ0v) is 14.3. The Hall–Kier alpha value is -3.14.